The Bertz CT molecular complexity index is 516. The molecular formula is C17H26N2O2. The Labute approximate surface area is 127 Å². The number of carbonyl (C=O) groups excluding carboxylic acids is 1. The fourth-order valence-electron chi connectivity index (χ4n) is 2.89. The molecule has 1 aromatic rings. The lowest BCUT2D eigenvalue weighted by Gasteiger charge is -2.38. The number of nitrogens with zero attached hydrogens (tertiary/aromatic N) is 1. The molecule has 0 radical (unpaired) electrons. The number of aryl methyl sites for hydroxylation is 2. The Hall–Kier alpha value is -1.55. The summed E-state index contributed by atoms with van der Waals surface area (Å²) < 4.78 is 5.22. The number of rotatable bonds is 5. The number of carbonyl (C=O) groups is 1. The summed E-state index contributed by atoms with van der Waals surface area (Å²) in [6, 6.07) is 6.56. The fourth-order valence-corrected chi connectivity index (χ4v) is 2.89. The Kier molecular flexibility index (Phi) is 4.88. The molecule has 1 unspecified atom stereocenters. The minimum atomic E-state index is -0.685. The first kappa shape index (κ1) is 15.8. The molecule has 1 aliphatic rings. The van der Waals surface area contributed by atoms with Crippen molar-refractivity contribution in [2.75, 3.05) is 31.6 Å². The van der Waals surface area contributed by atoms with Gasteiger partial charge in [0.1, 0.15) is 5.54 Å². The van der Waals surface area contributed by atoms with Crippen LogP contribution >= 0.6 is 0 Å². The number of nitrogens with one attached hydrogen (secondary N) is 1. The zero-order chi connectivity index (χ0) is 15.5. The summed E-state index contributed by atoms with van der Waals surface area (Å²) in [6.45, 7) is 7.88. The molecule has 0 saturated carbocycles. The van der Waals surface area contributed by atoms with Gasteiger partial charge >= 0.3 is 5.97 Å². The third kappa shape index (κ3) is 3.38. The normalized spacial score (nSPS) is 17.0. The van der Waals surface area contributed by atoms with Gasteiger partial charge in [0, 0.05) is 18.8 Å². The number of ether oxygens (including phenoxy) is 1. The van der Waals surface area contributed by atoms with Gasteiger partial charge in [-0.15, -0.1) is 0 Å². The van der Waals surface area contributed by atoms with Crippen LogP contribution in [-0.2, 0) is 16.0 Å². The largest absolute Gasteiger partial charge is 0.465 e. The number of hydrogen-bond donors (Lipinski definition) is 1. The fraction of sp³-hybridized carbons (Fsp3) is 0.588. The second-order valence-corrected chi connectivity index (χ2v) is 5.96. The lowest BCUT2D eigenvalue weighted by atomic mass is 9.96. The van der Waals surface area contributed by atoms with E-state index in [0.29, 0.717) is 13.2 Å². The van der Waals surface area contributed by atoms with E-state index in [4.69, 9.17) is 4.74 Å². The molecule has 0 saturated heterocycles. The maximum atomic E-state index is 12.2. The van der Waals surface area contributed by atoms with E-state index < -0.39 is 5.54 Å². The highest BCUT2D eigenvalue weighted by Crippen LogP contribution is 2.29. The maximum Gasteiger partial charge on any atom is 0.327 e. The summed E-state index contributed by atoms with van der Waals surface area (Å²) >= 11 is 0. The summed E-state index contributed by atoms with van der Waals surface area (Å²) in [5.74, 6) is -0.188. The first-order valence-electron chi connectivity index (χ1n) is 7.71. The summed E-state index contributed by atoms with van der Waals surface area (Å²) in [4.78, 5) is 14.5. The van der Waals surface area contributed by atoms with Gasteiger partial charge in [0.25, 0.3) is 0 Å². The predicted octanol–water partition coefficient (Wildman–Crippen LogP) is 2.29. The number of anilines is 1. The topological polar surface area (TPSA) is 41.6 Å². The molecule has 21 heavy (non-hydrogen) atoms. The van der Waals surface area contributed by atoms with Gasteiger partial charge in [0.2, 0.25) is 0 Å². The molecule has 1 aromatic carbocycles. The lowest BCUT2D eigenvalue weighted by Crippen LogP contribution is -2.57. The van der Waals surface area contributed by atoms with Crippen LogP contribution in [0.3, 0.4) is 0 Å². The summed E-state index contributed by atoms with van der Waals surface area (Å²) in [5.41, 5.74) is 3.23. The van der Waals surface area contributed by atoms with Crippen LogP contribution in [0.2, 0.25) is 0 Å². The molecule has 4 nitrogen and oxygen atoms in total. The smallest absolute Gasteiger partial charge is 0.327 e. The quantitative estimate of drug-likeness (QED) is 0.845. The van der Waals surface area contributed by atoms with E-state index in [1.165, 1.54) is 16.8 Å². The lowest BCUT2D eigenvalue weighted by molar-refractivity contribution is -0.149. The molecule has 0 aromatic heterocycles. The molecule has 1 N–H and O–H groups in total. The standard InChI is InChI=1S/C17H26N2O2/c1-5-21-16(20)17(3,18-4)12-19-10-6-7-14-11-13(2)8-9-15(14)19/h8-9,11,18H,5-7,10,12H2,1-4H3. The molecule has 1 aliphatic heterocycles. The van der Waals surface area contributed by atoms with Crippen molar-refractivity contribution in [3.63, 3.8) is 0 Å². The molecule has 2 rings (SSSR count). The van der Waals surface area contributed by atoms with Crippen molar-refractivity contribution < 1.29 is 9.53 Å². The zero-order valence-corrected chi connectivity index (χ0v) is 13.5. The molecule has 1 heterocycles. The Morgan fingerprint density at radius 2 is 2.24 bits per heavy atom. The van der Waals surface area contributed by atoms with Gasteiger partial charge in [-0.1, -0.05) is 17.7 Å². The van der Waals surface area contributed by atoms with Crippen LogP contribution in [0.4, 0.5) is 5.69 Å². The van der Waals surface area contributed by atoms with Crippen molar-refractivity contribution in [1.82, 2.24) is 5.32 Å². The molecule has 0 fully saturated rings. The van der Waals surface area contributed by atoms with E-state index in [1.807, 2.05) is 20.9 Å². The highest BCUT2D eigenvalue weighted by molar-refractivity contribution is 5.81. The van der Waals surface area contributed by atoms with Crippen molar-refractivity contribution in [3.05, 3.63) is 29.3 Å². The van der Waals surface area contributed by atoms with E-state index in [9.17, 15) is 4.79 Å². The van der Waals surface area contributed by atoms with Gasteiger partial charge in [-0.05, 0) is 52.3 Å². The van der Waals surface area contributed by atoms with E-state index in [1.54, 1.807) is 0 Å². The minimum absolute atomic E-state index is 0.188. The molecule has 0 amide bonds. The maximum absolute atomic E-state index is 12.2. The van der Waals surface area contributed by atoms with Crippen LogP contribution in [0.5, 0.6) is 0 Å². The van der Waals surface area contributed by atoms with Crippen molar-refractivity contribution in [3.8, 4) is 0 Å². The second kappa shape index (κ2) is 6.48. The van der Waals surface area contributed by atoms with E-state index in [2.05, 4.69) is 35.3 Å². The Morgan fingerprint density at radius 3 is 2.90 bits per heavy atom. The second-order valence-electron chi connectivity index (χ2n) is 5.96. The third-order valence-electron chi connectivity index (χ3n) is 4.23. The van der Waals surface area contributed by atoms with Gasteiger partial charge in [0.15, 0.2) is 0 Å². The van der Waals surface area contributed by atoms with Gasteiger partial charge in [0.05, 0.1) is 6.61 Å². The molecule has 0 aliphatic carbocycles. The van der Waals surface area contributed by atoms with Crippen LogP contribution < -0.4 is 10.2 Å². The van der Waals surface area contributed by atoms with Crippen molar-refractivity contribution in [1.29, 1.82) is 0 Å². The van der Waals surface area contributed by atoms with Gasteiger partial charge in [-0.3, -0.25) is 0 Å². The molecule has 0 spiro atoms. The summed E-state index contributed by atoms with van der Waals surface area (Å²) in [6.07, 6.45) is 2.24. The molecule has 0 bridgehead atoms. The molecule has 4 heteroatoms. The zero-order valence-electron chi connectivity index (χ0n) is 13.5. The highest BCUT2D eigenvalue weighted by Gasteiger charge is 2.36. The summed E-state index contributed by atoms with van der Waals surface area (Å²) in [7, 11) is 1.82. The number of esters is 1. The van der Waals surface area contributed by atoms with Gasteiger partial charge < -0.3 is 15.0 Å². The van der Waals surface area contributed by atoms with E-state index >= 15 is 0 Å². The van der Waals surface area contributed by atoms with E-state index in [0.717, 1.165) is 19.4 Å². The SMILES string of the molecule is CCOC(=O)C(C)(CN1CCCc2cc(C)ccc21)NC. The van der Waals surface area contributed by atoms with Gasteiger partial charge in [-0.2, -0.15) is 0 Å². The van der Waals surface area contributed by atoms with Crippen molar-refractivity contribution >= 4 is 11.7 Å². The first-order chi connectivity index (χ1) is 10.00. The van der Waals surface area contributed by atoms with Crippen LogP contribution in [-0.4, -0.2) is 38.3 Å². The highest BCUT2D eigenvalue weighted by atomic mass is 16.5. The number of benzene rings is 1. The number of hydrogen-bond acceptors (Lipinski definition) is 4. The molecule has 116 valence electrons. The average Bonchev–Trinajstić information content (AvgIpc) is 2.47. The Balaban J connectivity index is 2.22. The first-order valence-corrected chi connectivity index (χ1v) is 7.71. The molecular weight excluding hydrogens is 264 g/mol. The van der Waals surface area contributed by atoms with Crippen molar-refractivity contribution in [2.24, 2.45) is 0 Å². The third-order valence-corrected chi connectivity index (χ3v) is 4.23. The van der Waals surface area contributed by atoms with Gasteiger partial charge in [-0.25, -0.2) is 4.79 Å². The van der Waals surface area contributed by atoms with Crippen LogP contribution in [0.15, 0.2) is 18.2 Å². The van der Waals surface area contributed by atoms with Crippen LogP contribution in [0, 0.1) is 6.92 Å². The van der Waals surface area contributed by atoms with Crippen LogP contribution in [0.1, 0.15) is 31.4 Å². The Morgan fingerprint density at radius 1 is 1.48 bits per heavy atom. The average molecular weight is 290 g/mol. The van der Waals surface area contributed by atoms with E-state index in [-0.39, 0.29) is 5.97 Å². The number of likely N-dealkylation sites (N-methyl/N-ethyl adjacent to an activating group) is 1. The summed E-state index contributed by atoms with van der Waals surface area (Å²) in [5, 5.41) is 3.14. The van der Waals surface area contributed by atoms with Crippen molar-refractivity contribution in [2.45, 2.75) is 39.2 Å². The molecule has 1 atom stereocenters. The van der Waals surface area contributed by atoms with Crippen LogP contribution in [0.25, 0.3) is 0 Å². The number of fused-ring (bicyclic) bond motifs is 1. The minimum Gasteiger partial charge on any atom is -0.465 e. The monoisotopic (exact) mass is 290 g/mol. The predicted molar refractivity (Wildman–Crippen MR) is 85.8 cm³/mol.